The molecule has 1 N–H and O–H groups in total. The molecule has 0 radical (unpaired) electrons. The van der Waals surface area contributed by atoms with E-state index in [0.717, 1.165) is 24.3 Å². The monoisotopic (exact) mass is 399 g/mol. The fraction of sp³-hybridized carbons (Fsp3) is 0.292. The molecule has 0 bridgehead atoms. The molecule has 0 saturated heterocycles. The van der Waals surface area contributed by atoms with Crippen molar-refractivity contribution in [2.45, 2.75) is 33.4 Å². The zero-order valence-electron chi connectivity index (χ0n) is 17.6. The van der Waals surface area contributed by atoms with E-state index < -0.39 is 0 Å². The standard InChI is InChI=1S/C24H25N5O/c1-15-7-8-17-19(16(2)28(3)22(17)12-15)13-29-11-9-18-21(14-29)26-23(27-24(18)30)20-6-4-5-10-25-20/h4-8,10,12H,9,11,13-14H2,1-3H3,(H,26,27,30). The molecule has 30 heavy (non-hydrogen) atoms. The Labute approximate surface area is 175 Å². The van der Waals surface area contributed by atoms with Gasteiger partial charge in [-0.05, 0) is 49.6 Å². The molecule has 4 heterocycles. The number of nitrogens with one attached hydrogen (secondary N) is 1. The molecule has 0 amide bonds. The third-order valence-corrected chi connectivity index (χ3v) is 6.22. The highest BCUT2D eigenvalue weighted by molar-refractivity contribution is 5.86. The number of aromatic amines is 1. The van der Waals surface area contributed by atoms with Crippen molar-refractivity contribution in [2.75, 3.05) is 6.54 Å². The van der Waals surface area contributed by atoms with Crippen LogP contribution in [0, 0.1) is 13.8 Å². The Morgan fingerprint density at radius 1 is 1.17 bits per heavy atom. The van der Waals surface area contributed by atoms with E-state index in [2.05, 4.69) is 58.5 Å². The molecule has 1 aromatic carbocycles. The van der Waals surface area contributed by atoms with Crippen molar-refractivity contribution in [3.63, 3.8) is 0 Å². The van der Waals surface area contributed by atoms with Gasteiger partial charge in [-0.15, -0.1) is 0 Å². The number of benzene rings is 1. The number of hydrogen-bond acceptors (Lipinski definition) is 4. The van der Waals surface area contributed by atoms with E-state index >= 15 is 0 Å². The molecular formula is C24H25N5O. The van der Waals surface area contributed by atoms with Gasteiger partial charge in [0.1, 0.15) is 5.69 Å². The molecule has 0 spiro atoms. The lowest BCUT2D eigenvalue weighted by atomic mass is 10.0. The molecule has 0 unspecified atom stereocenters. The highest BCUT2D eigenvalue weighted by atomic mass is 16.1. The minimum atomic E-state index is -0.0443. The van der Waals surface area contributed by atoms with Crippen LogP contribution in [0.5, 0.6) is 0 Å². The van der Waals surface area contributed by atoms with Crippen LogP contribution in [0.15, 0.2) is 47.4 Å². The zero-order chi connectivity index (χ0) is 20.8. The second kappa shape index (κ2) is 7.22. The van der Waals surface area contributed by atoms with Crippen LogP contribution in [-0.4, -0.2) is 31.0 Å². The highest BCUT2D eigenvalue weighted by Crippen LogP contribution is 2.28. The summed E-state index contributed by atoms with van der Waals surface area (Å²) in [5, 5.41) is 1.31. The Hall–Kier alpha value is -3.25. The van der Waals surface area contributed by atoms with Gasteiger partial charge in [-0.25, -0.2) is 4.98 Å². The number of pyridine rings is 1. The van der Waals surface area contributed by atoms with E-state index in [-0.39, 0.29) is 5.56 Å². The van der Waals surface area contributed by atoms with Crippen LogP contribution in [0.1, 0.15) is 28.1 Å². The van der Waals surface area contributed by atoms with Gasteiger partial charge in [0.25, 0.3) is 5.56 Å². The maximum absolute atomic E-state index is 12.6. The van der Waals surface area contributed by atoms with E-state index in [4.69, 9.17) is 4.98 Å². The summed E-state index contributed by atoms with van der Waals surface area (Å²) >= 11 is 0. The molecule has 6 nitrogen and oxygen atoms in total. The lowest BCUT2D eigenvalue weighted by molar-refractivity contribution is 0.241. The third kappa shape index (κ3) is 3.13. The van der Waals surface area contributed by atoms with E-state index in [9.17, 15) is 4.79 Å². The summed E-state index contributed by atoms with van der Waals surface area (Å²) < 4.78 is 2.28. The van der Waals surface area contributed by atoms with Gasteiger partial charge in [0.15, 0.2) is 5.82 Å². The maximum Gasteiger partial charge on any atom is 0.254 e. The zero-order valence-corrected chi connectivity index (χ0v) is 17.6. The van der Waals surface area contributed by atoms with Gasteiger partial charge in [0.05, 0.1) is 5.69 Å². The summed E-state index contributed by atoms with van der Waals surface area (Å²) in [6.45, 7) is 6.68. The molecule has 152 valence electrons. The summed E-state index contributed by atoms with van der Waals surface area (Å²) in [5.41, 5.74) is 7.49. The second-order valence-corrected chi connectivity index (χ2v) is 8.16. The van der Waals surface area contributed by atoms with Gasteiger partial charge in [0, 0.05) is 55.0 Å². The Balaban J connectivity index is 1.48. The van der Waals surface area contributed by atoms with Gasteiger partial charge >= 0.3 is 0 Å². The molecule has 0 aliphatic carbocycles. The number of aromatic nitrogens is 4. The predicted octanol–water partition coefficient (Wildman–Crippen LogP) is 3.50. The van der Waals surface area contributed by atoms with Crippen LogP contribution in [0.4, 0.5) is 0 Å². The molecule has 3 aromatic heterocycles. The molecular weight excluding hydrogens is 374 g/mol. The number of H-pyrrole nitrogens is 1. The summed E-state index contributed by atoms with van der Waals surface area (Å²) in [5.74, 6) is 0.540. The Bertz CT molecular complexity index is 1300. The lowest BCUT2D eigenvalue weighted by Crippen LogP contribution is -2.35. The number of aryl methyl sites for hydroxylation is 2. The van der Waals surface area contributed by atoms with Gasteiger partial charge in [0.2, 0.25) is 0 Å². The summed E-state index contributed by atoms with van der Waals surface area (Å²) in [6.07, 6.45) is 2.43. The number of rotatable bonds is 3. The first-order valence-electron chi connectivity index (χ1n) is 10.3. The van der Waals surface area contributed by atoms with Gasteiger partial charge in [-0.1, -0.05) is 18.2 Å². The minimum absolute atomic E-state index is 0.0443. The van der Waals surface area contributed by atoms with E-state index in [1.165, 1.54) is 27.7 Å². The Kier molecular flexibility index (Phi) is 4.51. The van der Waals surface area contributed by atoms with Crippen LogP contribution in [-0.2, 0) is 26.6 Å². The molecule has 6 heteroatoms. The molecule has 1 aliphatic heterocycles. The Morgan fingerprint density at radius 3 is 2.83 bits per heavy atom. The first kappa shape index (κ1) is 18.8. The van der Waals surface area contributed by atoms with Gasteiger partial charge in [-0.3, -0.25) is 14.7 Å². The summed E-state index contributed by atoms with van der Waals surface area (Å²) in [7, 11) is 2.13. The first-order valence-corrected chi connectivity index (χ1v) is 10.3. The van der Waals surface area contributed by atoms with E-state index in [1.54, 1.807) is 6.20 Å². The molecule has 0 atom stereocenters. The lowest BCUT2D eigenvalue weighted by Gasteiger charge is -2.28. The van der Waals surface area contributed by atoms with Crippen LogP contribution in [0.2, 0.25) is 0 Å². The average molecular weight is 399 g/mol. The second-order valence-electron chi connectivity index (χ2n) is 8.16. The quantitative estimate of drug-likeness (QED) is 0.573. The summed E-state index contributed by atoms with van der Waals surface area (Å²) in [6, 6.07) is 12.3. The number of nitrogens with zero attached hydrogens (tertiary/aromatic N) is 4. The number of fused-ring (bicyclic) bond motifs is 2. The molecule has 5 rings (SSSR count). The number of hydrogen-bond donors (Lipinski definition) is 1. The highest BCUT2D eigenvalue weighted by Gasteiger charge is 2.23. The summed E-state index contributed by atoms with van der Waals surface area (Å²) in [4.78, 5) is 27.0. The SMILES string of the molecule is Cc1ccc2c(CN3CCc4c(nc(-c5ccccn5)[nH]c4=O)C3)c(C)n(C)c2c1. The van der Waals surface area contributed by atoms with Crippen molar-refractivity contribution in [3.8, 4) is 11.5 Å². The van der Waals surface area contributed by atoms with Crippen LogP contribution in [0.25, 0.3) is 22.4 Å². The van der Waals surface area contributed by atoms with Crippen LogP contribution in [0.3, 0.4) is 0 Å². The van der Waals surface area contributed by atoms with Gasteiger partial charge in [-0.2, -0.15) is 0 Å². The fourth-order valence-corrected chi connectivity index (χ4v) is 4.43. The normalized spacial score (nSPS) is 14.2. The van der Waals surface area contributed by atoms with Crippen molar-refractivity contribution in [3.05, 3.63) is 81.0 Å². The van der Waals surface area contributed by atoms with E-state index in [0.29, 0.717) is 24.5 Å². The topological polar surface area (TPSA) is 66.8 Å². The molecule has 0 saturated carbocycles. The van der Waals surface area contributed by atoms with Gasteiger partial charge < -0.3 is 9.55 Å². The van der Waals surface area contributed by atoms with Crippen LogP contribution < -0.4 is 5.56 Å². The van der Waals surface area contributed by atoms with Crippen molar-refractivity contribution in [1.29, 1.82) is 0 Å². The van der Waals surface area contributed by atoms with Crippen LogP contribution >= 0.6 is 0 Å². The van der Waals surface area contributed by atoms with Crippen molar-refractivity contribution in [1.82, 2.24) is 24.4 Å². The van der Waals surface area contributed by atoms with E-state index in [1.807, 2.05) is 18.2 Å². The predicted molar refractivity (Wildman–Crippen MR) is 118 cm³/mol. The molecule has 1 aliphatic rings. The third-order valence-electron chi connectivity index (χ3n) is 6.22. The largest absolute Gasteiger partial charge is 0.348 e. The smallest absolute Gasteiger partial charge is 0.254 e. The fourth-order valence-electron chi connectivity index (χ4n) is 4.43. The van der Waals surface area contributed by atoms with Crippen molar-refractivity contribution < 1.29 is 0 Å². The molecule has 4 aromatic rings. The maximum atomic E-state index is 12.6. The molecule has 0 fully saturated rings. The van der Waals surface area contributed by atoms with Crippen molar-refractivity contribution >= 4 is 10.9 Å². The average Bonchev–Trinajstić information content (AvgIpc) is 2.98. The minimum Gasteiger partial charge on any atom is -0.348 e. The van der Waals surface area contributed by atoms with Crippen molar-refractivity contribution in [2.24, 2.45) is 7.05 Å². The first-order chi connectivity index (χ1) is 14.5. The Morgan fingerprint density at radius 2 is 2.03 bits per heavy atom.